The second kappa shape index (κ2) is 6.98. The topological polar surface area (TPSA) is 63.0 Å². The first-order valence-corrected chi connectivity index (χ1v) is 6.86. The first-order chi connectivity index (χ1) is 8.00. The molecule has 1 atom stereocenters. The Bertz CT molecular complexity index is 340. The Kier molecular flexibility index (Phi) is 5.94. The van der Waals surface area contributed by atoms with Crippen molar-refractivity contribution in [2.24, 2.45) is 13.0 Å². The molecule has 0 saturated heterocycles. The molecule has 1 heterocycles. The van der Waals surface area contributed by atoms with Crippen molar-refractivity contribution in [2.75, 3.05) is 18.8 Å². The van der Waals surface area contributed by atoms with Crippen molar-refractivity contribution in [1.29, 1.82) is 0 Å². The summed E-state index contributed by atoms with van der Waals surface area (Å²) < 4.78 is 1.93. The van der Waals surface area contributed by atoms with E-state index in [0.29, 0.717) is 18.2 Å². The van der Waals surface area contributed by atoms with Gasteiger partial charge < -0.3 is 15.0 Å². The molecule has 0 aromatic carbocycles. The van der Waals surface area contributed by atoms with Crippen LogP contribution in [-0.4, -0.2) is 44.8 Å². The van der Waals surface area contributed by atoms with Gasteiger partial charge in [-0.1, -0.05) is 25.6 Å². The van der Waals surface area contributed by atoms with Crippen molar-refractivity contribution in [3.05, 3.63) is 5.82 Å². The molecule has 1 aromatic heterocycles. The Morgan fingerprint density at radius 2 is 2.06 bits per heavy atom. The van der Waals surface area contributed by atoms with E-state index in [0.717, 1.165) is 17.5 Å². The number of nitrogens with one attached hydrogen (secondary N) is 1. The van der Waals surface area contributed by atoms with E-state index in [-0.39, 0.29) is 6.10 Å². The van der Waals surface area contributed by atoms with Gasteiger partial charge >= 0.3 is 0 Å². The summed E-state index contributed by atoms with van der Waals surface area (Å²) in [6, 6.07) is 0. The molecule has 1 unspecified atom stereocenters. The van der Waals surface area contributed by atoms with Gasteiger partial charge in [-0.15, -0.1) is 10.2 Å². The predicted octanol–water partition coefficient (Wildman–Crippen LogP) is 0.822. The van der Waals surface area contributed by atoms with Crippen LogP contribution in [0.2, 0.25) is 0 Å². The summed E-state index contributed by atoms with van der Waals surface area (Å²) in [7, 11) is 1.93. The summed E-state index contributed by atoms with van der Waals surface area (Å²) in [6.07, 6.45) is -0.351. The van der Waals surface area contributed by atoms with Crippen molar-refractivity contribution < 1.29 is 5.11 Å². The number of hydrogen-bond acceptors (Lipinski definition) is 5. The van der Waals surface area contributed by atoms with E-state index in [1.54, 1.807) is 0 Å². The molecule has 0 aliphatic rings. The average Bonchev–Trinajstić information content (AvgIpc) is 2.57. The molecule has 1 aromatic rings. The monoisotopic (exact) mass is 258 g/mol. The lowest BCUT2D eigenvalue weighted by Crippen LogP contribution is -2.31. The molecule has 0 fully saturated rings. The van der Waals surface area contributed by atoms with Crippen LogP contribution in [0.4, 0.5) is 0 Å². The van der Waals surface area contributed by atoms with Crippen LogP contribution in [-0.2, 0) is 7.05 Å². The first-order valence-electron chi connectivity index (χ1n) is 5.88. The molecular formula is C11H22N4OS. The standard InChI is InChI=1S/C11H22N4OS/c1-8(2)5-12-6-10(16)7-17-11-14-13-9(3)15(11)4/h8,10,12,16H,5-7H2,1-4H3. The molecule has 1 rings (SSSR count). The Hall–Kier alpha value is -0.590. The Morgan fingerprint density at radius 3 is 2.59 bits per heavy atom. The van der Waals surface area contributed by atoms with Gasteiger partial charge in [0.1, 0.15) is 5.82 Å². The quantitative estimate of drug-likeness (QED) is 0.709. The van der Waals surface area contributed by atoms with Crippen LogP contribution < -0.4 is 5.32 Å². The van der Waals surface area contributed by atoms with Gasteiger partial charge in [0.2, 0.25) is 0 Å². The molecule has 0 amide bonds. The molecule has 0 spiro atoms. The van der Waals surface area contributed by atoms with Crippen LogP contribution in [0, 0.1) is 12.8 Å². The number of thioether (sulfide) groups is 1. The molecule has 2 N–H and O–H groups in total. The minimum atomic E-state index is -0.351. The molecule has 0 saturated carbocycles. The fourth-order valence-electron chi connectivity index (χ4n) is 1.28. The van der Waals surface area contributed by atoms with Crippen molar-refractivity contribution >= 4 is 11.8 Å². The van der Waals surface area contributed by atoms with Gasteiger partial charge in [-0.25, -0.2) is 0 Å². The molecule has 17 heavy (non-hydrogen) atoms. The zero-order valence-electron chi connectivity index (χ0n) is 11.0. The summed E-state index contributed by atoms with van der Waals surface area (Å²) in [5.41, 5.74) is 0. The molecule has 0 radical (unpaired) electrons. The van der Waals surface area contributed by atoms with Crippen LogP contribution in [0.25, 0.3) is 0 Å². The van der Waals surface area contributed by atoms with E-state index < -0.39 is 0 Å². The van der Waals surface area contributed by atoms with Gasteiger partial charge in [-0.05, 0) is 19.4 Å². The van der Waals surface area contributed by atoms with Gasteiger partial charge in [0.25, 0.3) is 0 Å². The fourth-order valence-corrected chi connectivity index (χ4v) is 2.17. The molecule has 98 valence electrons. The first kappa shape index (κ1) is 14.5. The lowest BCUT2D eigenvalue weighted by molar-refractivity contribution is 0.194. The molecule has 0 aliphatic heterocycles. The van der Waals surface area contributed by atoms with E-state index in [4.69, 9.17) is 0 Å². The largest absolute Gasteiger partial charge is 0.391 e. The third-order valence-electron chi connectivity index (χ3n) is 2.39. The second-order valence-corrected chi connectivity index (χ2v) is 5.59. The minimum Gasteiger partial charge on any atom is -0.391 e. The molecule has 0 bridgehead atoms. The lowest BCUT2D eigenvalue weighted by atomic mass is 10.2. The van der Waals surface area contributed by atoms with Crippen LogP contribution >= 0.6 is 11.8 Å². The Labute approximate surface area is 107 Å². The maximum atomic E-state index is 9.78. The highest BCUT2D eigenvalue weighted by Gasteiger charge is 2.09. The number of aliphatic hydroxyl groups is 1. The second-order valence-electron chi connectivity index (χ2n) is 4.61. The SMILES string of the molecule is Cc1nnc(SCC(O)CNCC(C)C)n1C. The average molecular weight is 258 g/mol. The summed E-state index contributed by atoms with van der Waals surface area (Å²) >= 11 is 1.53. The lowest BCUT2D eigenvalue weighted by Gasteiger charge is -2.12. The van der Waals surface area contributed by atoms with Crippen molar-refractivity contribution in [3.63, 3.8) is 0 Å². The van der Waals surface area contributed by atoms with Gasteiger partial charge in [-0.3, -0.25) is 0 Å². The van der Waals surface area contributed by atoms with Gasteiger partial charge in [-0.2, -0.15) is 0 Å². The number of aliphatic hydroxyl groups excluding tert-OH is 1. The highest BCUT2D eigenvalue weighted by atomic mass is 32.2. The normalized spacial score (nSPS) is 13.3. The molecule has 6 heteroatoms. The summed E-state index contributed by atoms with van der Waals surface area (Å²) in [5, 5.41) is 21.9. The number of rotatable bonds is 7. The van der Waals surface area contributed by atoms with Gasteiger partial charge in [0.05, 0.1) is 6.10 Å². The molecule has 0 aliphatic carbocycles. The third kappa shape index (κ3) is 5.06. The van der Waals surface area contributed by atoms with Crippen molar-refractivity contribution in [1.82, 2.24) is 20.1 Å². The highest BCUT2D eigenvalue weighted by Crippen LogP contribution is 2.15. The zero-order chi connectivity index (χ0) is 12.8. The number of hydrogen-bond donors (Lipinski definition) is 2. The van der Waals surface area contributed by atoms with Crippen molar-refractivity contribution in [2.45, 2.75) is 32.0 Å². The Morgan fingerprint density at radius 1 is 1.35 bits per heavy atom. The maximum absolute atomic E-state index is 9.78. The van der Waals surface area contributed by atoms with Gasteiger partial charge in [0.15, 0.2) is 5.16 Å². The van der Waals surface area contributed by atoms with E-state index in [1.807, 2.05) is 18.5 Å². The maximum Gasteiger partial charge on any atom is 0.191 e. The predicted molar refractivity (Wildman–Crippen MR) is 70.2 cm³/mol. The Balaban J connectivity index is 2.24. The van der Waals surface area contributed by atoms with Crippen LogP contribution in [0.1, 0.15) is 19.7 Å². The van der Waals surface area contributed by atoms with Crippen LogP contribution in [0.15, 0.2) is 5.16 Å². The minimum absolute atomic E-state index is 0.351. The van der Waals surface area contributed by atoms with E-state index in [9.17, 15) is 5.11 Å². The summed E-state index contributed by atoms with van der Waals surface area (Å²) in [4.78, 5) is 0. The number of aromatic nitrogens is 3. The van der Waals surface area contributed by atoms with E-state index in [1.165, 1.54) is 11.8 Å². The summed E-state index contributed by atoms with van der Waals surface area (Å²) in [5.74, 6) is 2.13. The zero-order valence-corrected chi connectivity index (χ0v) is 11.8. The third-order valence-corrected chi connectivity index (χ3v) is 3.56. The van der Waals surface area contributed by atoms with E-state index in [2.05, 4.69) is 29.4 Å². The molecule has 5 nitrogen and oxygen atoms in total. The van der Waals surface area contributed by atoms with Crippen LogP contribution in [0.5, 0.6) is 0 Å². The van der Waals surface area contributed by atoms with Gasteiger partial charge in [0, 0.05) is 19.3 Å². The smallest absolute Gasteiger partial charge is 0.191 e. The number of aryl methyl sites for hydroxylation is 1. The van der Waals surface area contributed by atoms with E-state index >= 15 is 0 Å². The summed E-state index contributed by atoms with van der Waals surface area (Å²) in [6.45, 7) is 7.78. The molecular weight excluding hydrogens is 236 g/mol. The van der Waals surface area contributed by atoms with Crippen LogP contribution in [0.3, 0.4) is 0 Å². The highest BCUT2D eigenvalue weighted by molar-refractivity contribution is 7.99. The number of nitrogens with zero attached hydrogens (tertiary/aromatic N) is 3. The van der Waals surface area contributed by atoms with Crippen molar-refractivity contribution in [3.8, 4) is 0 Å². The fraction of sp³-hybridized carbons (Fsp3) is 0.818.